The number of nitrogens with zero attached hydrogens (tertiary/aromatic N) is 1. The molecule has 0 aliphatic heterocycles. The molecule has 1 aliphatic carbocycles. The lowest BCUT2D eigenvalue weighted by molar-refractivity contribution is 0.0717. The van der Waals surface area contributed by atoms with Gasteiger partial charge in [0, 0.05) is 22.8 Å². The zero-order valence-corrected chi connectivity index (χ0v) is 12.5. The highest BCUT2D eigenvalue weighted by Crippen LogP contribution is 2.26. The fraction of sp³-hybridized carbons (Fsp3) is 0.667. The minimum atomic E-state index is 0.212. The van der Waals surface area contributed by atoms with Crippen molar-refractivity contribution < 1.29 is 4.79 Å². The molecule has 1 aromatic heterocycles. The van der Waals surface area contributed by atoms with Crippen molar-refractivity contribution in [3.05, 3.63) is 21.4 Å². The zero-order valence-electron chi connectivity index (χ0n) is 11.7. The Bertz CT molecular complexity index is 416. The van der Waals surface area contributed by atoms with Crippen molar-refractivity contribution in [3.63, 3.8) is 0 Å². The lowest BCUT2D eigenvalue weighted by atomic mass is 10.1. The summed E-state index contributed by atoms with van der Waals surface area (Å²) in [6.07, 6.45) is 7.53. The number of carbonyl (C=O) groups excluding carboxylic acids is 1. The van der Waals surface area contributed by atoms with Gasteiger partial charge in [0.15, 0.2) is 0 Å². The van der Waals surface area contributed by atoms with E-state index in [0.29, 0.717) is 6.04 Å². The van der Waals surface area contributed by atoms with Crippen LogP contribution in [0.25, 0.3) is 0 Å². The second kappa shape index (κ2) is 5.87. The largest absolute Gasteiger partial charge is 0.339 e. The molecule has 0 unspecified atom stereocenters. The summed E-state index contributed by atoms with van der Waals surface area (Å²) in [5, 5.41) is 0. The Morgan fingerprint density at radius 2 is 1.83 bits per heavy atom. The summed E-state index contributed by atoms with van der Waals surface area (Å²) in [7, 11) is 1.98. The molecule has 1 amide bonds. The first-order chi connectivity index (χ1) is 8.59. The molecule has 0 N–H and O–H groups in total. The third kappa shape index (κ3) is 2.94. The van der Waals surface area contributed by atoms with Gasteiger partial charge in [-0.3, -0.25) is 4.79 Å². The quantitative estimate of drug-likeness (QED) is 0.735. The minimum Gasteiger partial charge on any atom is -0.339 e. The van der Waals surface area contributed by atoms with Gasteiger partial charge in [-0.2, -0.15) is 0 Å². The Morgan fingerprint density at radius 3 is 2.33 bits per heavy atom. The van der Waals surface area contributed by atoms with E-state index in [-0.39, 0.29) is 5.91 Å². The third-order valence-corrected chi connectivity index (χ3v) is 4.93. The van der Waals surface area contributed by atoms with E-state index in [4.69, 9.17) is 0 Å². The summed E-state index contributed by atoms with van der Waals surface area (Å²) in [6, 6.07) is 2.48. The highest BCUT2D eigenvalue weighted by atomic mass is 32.1. The Labute approximate surface area is 114 Å². The van der Waals surface area contributed by atoms with Gasteiger partial charge in [-0.15, -0.1) is 11.3 Å². The van der Waals surface area contributed by atoms with E-state index in [1.165, 1.54) is 43.4 Å². The van der Waals surface area contributed by atoms with Crippen LogP contribution in [0.5, 0.6) is 0 Å². The average molecular weight is 265 g/mol. The normalized spacial score (nSPS) is 17.5. The van der Waals surface area contributed by atoms with Gasteiger partial charge in [-0.05, 0) is 32.8 Å². The number of amides is 1. The summed E-state index contributed by atoms with van der Waals surface area (Å²) in [6.45, 7) is 4.12. The van der Waals surface area contributed by atoms with Crippen molar-refractivity contribution in [2.75, 3.05) is 7.05 Å². The molecule has 3 heteroatoms. The maximum atomic E-state index is 12.5. The highest BCUT2D eigenvalue weighted by molar-refractivity contribution is 7.12. The SMILES string of the molecule is Cc1cc(C(=O)N(C)C2CCCCCC2)c(C)s1. The van der Waals surface area contributed by atoms with Crippen molar-refractivity contribution in [1.29, 1.82) is 0 Å². The van der Waals surface area contributed by atoms with Crippen LogP contribution in [-0.2, 0) is 0 Å². The summed E-state index contributed by atoms with van der Waals surface area (Å²) in [5.74, 6) is 0.212. The topological polar surface area (TPSA) is 20.3 Å². The van der Waals surface area contributed by atoms with Gasteiger partial charge in [0.25, 0.3) is 5.91 Å². The minimum absolute atomic E-state index is 0.212. The molecule has 1 saturated carbocycles. The molecule has 0 saturated heterocycles. The molecule has 1 aromatic rings. The van der Waals surface area contributed by atoms with Crippen LogP contribution in [0, 0.1) is 13.8 Å². The van der Waals surface area contributed by atoms with Crippen molar-refractivity contribution in [2.45, 2.75) is 58.4 Å². The first-order valence-electron chi connectivity index (χ1n) is 6.94. The maximum absolute atomic E-state index is 12.5. The van der Waals surface area contributed by atoms with Gasteiger partial charge < -0.3 is 4.90 Å². The Balaban J connectivity index is 2.10. The molecule has 1 fully saturated rings. The zero-order chi connectivity index (χ0) is 13.1. The predicted octanol–water partition coefficient (Wildman–Crippen LogP) is 4.16. The summed E-state index contributed by atoms with van der Waals surface area (Å²) >= 11 is 1.72. The van der Waals surface area contributed by atoms with Crippen LogP contribution in [-0.4, -0.2) is 23.9 Å². The first-order valence-corrected chi connectivity index (χ1v) is 7.75. The maximum Gasteiger partial charge on any atom is 0.254 e. The van der Waals surface area contributed by atoms with Crippen molar-refractivity contribution in [1.82, 2.24) is 4.90 Å². The Kier molecular flexibility index (Phi) is 4.44. The number of rotatable bonds is 2. The van der Waals surface area contributed by atoms with E-state index in [9.17, 15) is 4.79 Å². The molecule has 0 atom stereocenters. The fourth-order valence-corrected chi connectivity index (χ4v) is 3.76. The highest BCUT2D eigenvalue weighted by Gasteiger charge is 2.23. The van der Waals surface area contributed by atoms with E-state index in [0.717, 1.165) is 10.4 Å². The number of hydrogen-bond donors (Lipinski definition) is 0. The summed E-state index contributed by atoms with van der Waals surface area (Å²) in [4.78, 5) is 16.9. The van der Waals surface area contributed by atoms with Crippen LogP contribution < -0.4 is 0 Å². The Hall–Kier alpha value is -0.830. The molecule has 2 rings (SSSR count). The lowest BCUT2D eigenvalue weighted by Crippen LogP contribution is -2.36. The first kappa shape index (κ1) is 13.6. The van der Waals surface area contributed by atoms with E-state index in [1.807, 2.05) is 24.9 Å². The third-order valence-electron chi connectivity index (χ3n) is 3.96. The second-order valence-corrected chi connectivity index (χ2v) is 6.85. The molecule has 18 heavy (non-hydrogen) atoms. The van der Waals surface area contributed by atoms with Gasteiger partial charge >= 0.3 is 0 Å². The van der Waals surface area contributed by atoms with Gasteiger partial charge in [0.05, 0.1) is 5.56 Å². The van der Waals surface area contributed by atoms with E-state index >= 15 is 0 Å². The number of carbonyl (C=O) groups is 1. The molecule has 0 aromatic carbocycles. The average Bonchev–Trinajstić information content (AvgIpc) is 2.59. The van der Waals surface area contributed by atoms with Gasteiger partial charge in [-0.1, -0.05) is 25.7 Å². The van der Waals surface area contributed by atoms with Gasteiger partial charge in [-0.25, -0.2) is 0 Å². The van der Waals surface area contributed by atoms with E-state index in [2.05, 4.69) is 6.92 Å². The van der Waals surface area contributed by atoms with E-state index in [1.54, 1.807) is 11.3 Å². The molecule has 0 radical (unpaired) electrons. The number of aryl methyl sites for hydroxylation is 2. The monoisotopic (exact) mass is 265 g/mol. The van der Waals surface area contributed by atoms with Crippen LogP contribution >= 0.6 is 11.3 Å². The van der Waals surface area contributed by atoms with Crippen molar-refractivity contribution in [3.8, 4) is 0 Å². The van der Waals surface area contributed by atoms with Crippen molar-refractivity contribution in [2.24, 2.45) is 0 Å². The van der Waals surface area contributed by atoms with Gasteiger partial charge in [0.2, 0.25) is 0 Å². The molecular formula is C15H23NOS. The second-order valence-electron chi connectivity index (χ2n) is 5.39. The lowest BCUT2D eigenvalue weighted by Gasteiger charge is -2.27. The molecule has 1 heterocycles. The summed E-state index contributed by atoms with van der Waals surface area (Å²) < 4.78 is 0. The molecule has 1 aliphatic rings. The number of hydrogen-bond acceptors (Lipinski definition) is 2. The summed E-state index contributed by atoms with van der Waals surface area (Å²) in [5.41, 5.74) is 0.907. The van der Waals surface area contributed by atoms with Crippen LogP contribution in [0.2, 0.25) is 0 Å². The smallest absolute Gasteiger partial charge is 0.254 e. The van der Waals surface area contributed by atoms with Crippen molar-refractivity contribution >= 4 is 17.2 Å². The van der Waals surface area contributed by atoms with Crippen LogP contribution in [0.1, 0.15) is 58.6 Å². The molecule has 2 nitrogen and oxygen atoms in total. The van der Waals surface area contributed by atoms with E-state index < -0.39 is 0 Å². The van der Waals surface area contributed by atoms with Gasteiger partial charge in [0.1, 0.15) is 0 Å². The molecule has 0 bridgehead atoms. The fourth-order valence-electron chi connectivity index (χ4n) is 2.84. The predicted molar refractivity (Wildman–Crippen MR) is 77.4 cm³/mol. The van der Waals surface area contributed by atoms with Crippen LogP contribution in [0.15, 0.2) is 6.07 Å². The van der Waals surface area contributed by atoms with Crippen LogP contribution in [0.3, 0.4) is 0 Å². The Morgan fingerprint density at radius 1 is 1.22 bits per heavy atom. The molecule has 100 valence electrons. The number of thiophene rings is 1. The standard InChI is InChI=1S/C15H23NOS/c1-11-10-14(12(2)18-11)15(17)16(3)13-8-6-4-5-7-9-13/h10,13H,4-9H2,1-3H3. The molecule has 0 spiro atoms. The van der Waals surface area contributed by atoms with Crippen LogP contribution in [0.4, 0.5) is 0 Å². The molecular weight excluding hydrogens is 242 g/mol.